The van der Waals surface area contributed by atoms with Crippen LogP contribution in [0.25, 0.3) is 0 Å². The third kappa shape index (κ3) is 8.15. The molecule has 1 unspecified atom stereocenters. The Morgan fingerprint density at radius 1 is 1.16 bits per heavy atom. The van der Waals surface area contributed by atoms with Gasteiger partial charge in [0.15, 0.2) is 0 Å². The standard InChI is InChI=1S/C24H33NO6/c1-16(2)12-19(14-22(27)31-15-17-8-5-4-6-9-17)23(28)25-20(24(29)30-3)13-18-10-7-11-21(18)26/h4-6,8-9,16,18-20H,7,10-15H2,1-3H3,(H,25,28)/t18?,19-,20+/m1/s1. The maximum Gasteiger partial charge on any atom is 0.328 e. The van der Waals surface area contributed by atoms with Crippen LogP contribution in [0.5, 0.6) is 0 Å². The van der Waals surface area contributed by atoms with Gasteiger partial charge in [-0.15, -0.1) is 0 Å². The first-order valence-corrected chi connectivity index (χ1v) is 10.9. The van der Waals surface area contributed by atoms with E-state index in [9.17, 15) is 19.2 Å². The fraction of sp³-hybridized carbons (Fsp3) is 0.583. The highest BCUT2D eigenvalue weighted by Gasteiger charge is 2.34. The summed E-state index contributed by atoms with van der Waals surface area (Å²) in [5, 5.41) is 2.73. The minimum Gasteiger partial charge on any atom is -0.467 e. The van der Waals surface area contributed by atoms with Gasteiger partial charge in [-0.25, -0.2) is 4.79 Å². The highest BCUT2D eigenvalue weighted by molar-refractivity contribution is 5.89. The monoisotopic (exact) mass is 431 g/mol. The summed E-state index contributed by atoms with van der Waals surface area (Å²) in [6, 6.07) is 8.42. The Bertz CT molecular complexity index is 761. The third-order valence-electron chi connectivity index (χ3n) is 5.54. The van der Waals surface area contributed by atoms with Crippen molar-refractivity contribution in [2.75, 3.05) is 7.11 Å². The molecule has 0 saturated heterocycles. The molecule has 0 aromatic heterocycles. The molecule has 1 aliphatic rings. The molecule has 170 valence electrons. The molecular weight excluding hydrogens is 398 g/mol. The number of nitrogens with one attached hydrogen (secondary N) is 1. The van der Waals surface area contributed by atoms with E-state index < -0.39 is 29.8 Å². The van der Waals surface area contributed by atoms with Crippen LogP contribution >= 0.6 is 0 Å². The van der Waals surface area contributed by atoms with Crippen LogP contribution in [0.3, 0.4) is 0 Å². The lowest BCUT2D eigenvalue weighted by Gasteiger charge is -2.23. The van der Waals surface area contributed by atoms with Gasteiger partial charge in [-0.2, -0.15) is 0 Å². The van der Waals surface area contributed by atoms with Crippen molar-refractivity contribution in [2.45, 2.75) is 65.0 Å². The van der Waals surface area contributed by atoms with Gasteiger partial charge in [-0.05, 0) is 37.2 Å². The number of hydrogen-bond donors (Lipinski definition) is 1. The molecule has 0 spiro atoms. The van der Waals surface area contributed by atoms with Crippen molar-refractivity contribution in [3.05, 3.63) is 35.9 Å². The van der Waals surface area contributed by atoms with Crippen molar-refractivity contribution in [1.29, 1.82) is 0 Å². The van der Waals surface area contributed by atoms with Crippen LogP contribution in [-0.4, -0.2) is 36.8 Å². The molecule has 31 heavy (non-hydrogen) atoms. The number of benzene rings is 1. The molecule has 1 saturated carbocycles. The molecule has 7 nitrogen and oxygen atoms in total. The quantitative estimate of drug-likeness (QED) is 0.540. The number of esters is 2. The Kier molecular flexibility index (Phi) is 9.69. The first-order valence-electron chi connectivity index (χ1n) is 10.9. The summed E-state index contributed by atoms with van der Waals surface area (Å²) in [6.45, 7) is 4.07. The van der Waals surface area contributed by atoms with Gasteiger partial charge in [-0.3, -0.25) is 14.4 Å². The van der Waals surface area contributed by atoms with Crippen LogP contribution in [-0.2, 0) is 35.3 Å². The van der Waals surface area contributed by atoms with E-state index in [0.717, 1.165) is 12.0 Å². The zero-order valence-corrected chi connectivity index (χ0v) is 18.6. The Labute approximate surface area is 183 Å². The zero-order chi connectivity index (χ0) is 22.8. The normalized spacial score (nSPS) is 17.8. The molecule has 2 rings (SSSR count). The van der Waals surface area contributed by atoms with Crippen molar-refractivity contribution in [3.63, 3.8) is 0 Å². The van der Waals surface area contributed by atoms with E-state index in [0.29, 0.717) is 19.3 Å². The third-order valence-corrected chi connectivity index (χ3v) is 5.54. The summed E-state index contributed by atoms with van der Waals surface area (Å²) in [5.74, 6) is -2.03. The molecule has 7 heteroatoms. The SMILES string of the molecule is COC(=O)[C@H](CC1CCCC1=O)NC(=O)[C@@H](CC(=O)OCc1ccccc1)CC(C)C. The molecule has 0 radical (unpaired) electrons. The van der Waals surface area contributed by atoms with Crippen LogP contribution in [0, 0.1) is 17.8 Å². The number of hydrogen-bond acceptors (Lipinski definition) is 6. The number of amides is 1. The minimum atomic E-state index is -0.903. The number of carbonyl (C=O) groups is 4. The first kappa shape index (κ1) is 24.6. The van der Waals surface area contributed by atoms with Crippen LogP contribution in [0.1, 0.15) is 57.9 Å². The Hall–Kier alpha value is -2.70. The van der Waals surface area contributed by atoms with E-state index in [-0.39, 0.29) is 37.1 Å². The highest BCUT2D eigenvalue weighted by atomic mass is 16.5. The van der Waals surface area contributed by atoms with Crippen molar-refractivity contribution in [1.82, 2.24) is 5.32 Å². The molecule has 3 atom stereocenters. The van der Waals surface area contributed by atoms with Crippen LogP contribution in [0.2, 0.25) is 0 Å². The van der Waals surface area contributed by atoms with Gasteiger partial charge in [0, 0.05) is 18.3 Å². The predicted octanol–water partition coefficient (Wildman–Crippen LogP) is 3.20. The number of rotatable bonds is 11. The van der Waals surface area contributed by atoms with Crippen molar-refractivity contribution >= 4 is 23.6 Å². The summed E-state index contributed by atoms with van der Waals surface area (Å²) < 4.78 is 10.2. The van der Waals surface area contributed by atoms with Crippen LogP contribution in [0.15, 0.2) is 30.3 Å². The second kappa shape index (κ2) is 12.2. The van der Waals surface area contributed by atoms with Gasteiger partial charge in [0.2, 0.25) is 5.91 Å². The van der Waals surface area contributed by atoms with Crippen molar-refractivity contribution in [2.24, 2.45) is 17.8 Å². The maximum atomic E-state index is 13.0. The molecule has 1 amide bonds. The molecule has 0 heterocycles. The predicted molar refractivity (Wildman–Crippen MR) is 115 cm³/mol. The van der Waals surface area contributed by atoms with Crippen LogP contribution in [0.4, 0.5) is 0 Å². The first-order chi connectivity index (χ1) is 14.8. The zero-order valence-electron chi connectivity index (χ0n) is 18.6. The molecular formula is C24H33NO6. The topological polar surface area (TPSA) is 98.8 Å². The van der Waals surface area contributed by atoms with E-state index in [1.165, 1.54) is 7.11 Å². The van der Waals surface area contributed by atoms with Gasteiger partial charge < -0.3 is 14.8 Å². The molecule has 1 aromatic carbocycles. The lowest BCUT2D eigenvalue weighted by molar-refractivity contribution is -0.149. The average molecular weight is 432 g/mol. The lowest BCUT2D eigenvalue weighted by atomic mass is 9.92. The van der Waals surface area contributed by atoms with E-state index in [1.54, 1.807) is 0 Å². The summed E-state index contributed by atoms with van der Waals surface area (Å²) in [7, 11) is 1.25. The largest absolute Gasteiger partial charge is 0.467 e. The average Bonchev–Trinajstić information content (AvgIpc) is 3.15. The second-order valence-corrected chi connectivity index (χ2v) is 8.55. The highest BCUT2D eigenvalue weighted by Crippen LogP contribution is 2.26. The molecule has 0 aliphatic heterocycles. The van der Waals surface area contributed by atoms with Gasteiger partial charge in [0.1, 0.15) is 18.4 Å². The van der Waals surface area contributed by atoms with Crippen LogP contribution < -0.4 is 5.32 Å². The van der Waals surface area contributed by atoms with Gasteiger partial charge in [-0.1, -0.05) is 44.2 Å². The maximum absolute atomic E-state index is 13.0. The number of methoxy groups -OCH3 is 1. The summed E-state index contributed by atoms with van der Waals surface area (Å²) in [4.78, 5) is 49.6. The van der Waals surface area contributed by atoms with Gasteiger partial charge in [0.05, 0.1) is 13.5 Å². The number of carbonyl (C=O) groups excluding carboxylic acids is 4. The lowest BCUT2D eigenvalue weighted by Crippen LogP contribution is -2.46. The molecule has 1 fully saturated rings. The van der Waals surface area contributed by atoms with Gasteiger partial charge in [0.25, 0.3) is 0 Å². The Morgan fingerprint density at radius 2 is 1.87 bits per heavy atom. The fourth-order valence-corrected chi connectivity index (χ4v) is 3.92. The fourth-order valence-electron chi connectivity index (χ4n) is 3.92. The van der Waals surface area contributed by atoms with E-state index >= 15 is 0 Å². The number of ketones is 1. The summed E-state index contributed by atoms with van der Waals surface area (Å²) in [6.07, 6.45) is 2.65. The van der Waals surface area contributed by atoms with E-state index in [1.807, 2.05) is 44.2 Å². The number of Topliss-reactive ketones (excluding diaryl/α,β-unsaturated/α-hetero) is 1. The molecule has 1 N–H and O–H groups in total. The van der Waals surface area contributed by atoms with Gasteiger partial charge >= 0.3 is 11.9 Å². The number of ether oxygens (including phenoxy) is 2. The molecule has 0 bridgehead atoms. The summed E-state index contributed by atoms with van der Waals surface area (Å²) in [5.41, 5.74) is 0.868. The van der Waals surface area contributed by atoms with Crippen molar-refractivity contribution < 1.29 is 28.7 Å². The summed E-state index contributed by atoms with van der Waals surface area (Å²) >= 11 is 0. The molecule has 1 aromatic rings. The second-order valence-electron chi connectivity index (χ2n) is 8.55. The van der Waals surface area contributed by atoms with Crippen molar-refractivity contribution in [3.8, 4) is 0 Å². The smallest absolute Gasteiger partial charge is 0.328 e. The van der Waals surface area contributed by atoms with E-state index in [4.69, 9.17) is 9.47 Å². The Morgan fingerprint density at radius 3 is 2.45 bits per heavy atom. The molecule has 1 aliphatic carbocycles. The van der Waals surface area contributed by atoms with E-state index in [2.05, 4.69) is 5.32 Å². The Balaban J connectivity index is 1.99. The minimum absolute atomic E-state index is 0.0763.